The maximum atomic E-state index is 12.3. The van der Waals surface area contributed by atoms with E-state index in [0.29, 0.717) is 13.1 Å². The molecule has 0 saturated carbocycles. The maximum absolute atomic E-state index is 12.3. The summed E-state index contributed by atoms with van der Waals surface area (Å²) in [5.41, 5.74) is 4.35. The van der Waals surface area contributed by atoms with E-state index in [2.05, 4.69) is 31.3 Å². The first-order valence-corrected chi connectivity index (χ1v) is 10.3. The van der Waals surface area contributed by atoms with Crippen molar-refractivity contribution in [3.05, 3.63) is 59.2 Å². The third-order valence-corrected chi connectivity index (χ3v) is 5.05. The number of carbonyl (C=O) groups excluding carboxylic acids is 2. The molecule has 5 heteroatoms. The number of para-hydroxylation sites is 1. The fraction of sp³-hybridized carbons (Fsp3) is 0.417. The second-order valence-electron chi connectivity index (χ2n) is 7.00. The van der Waals surface area contributed by atoms with Gasteiger partial charge < -0.3 is 15.0 Å². The predicted molar refractivity (Wildman–Crippen MR) is 118 cm³/mol. The summed E-state index contributed by atoms with van der Waals surface area (Å²) in [6.45, 7) is 6.67. The molecule has 0 atom stereocenters. The second kappa shape index (κ2) is 11.2. The first-order chi connectivity index (χ1) is 14.0. The van der Waals surface area contributed by atoms with Gasteiger partial charge in [0, 0.05) is 32.1 Å². The quantitative estimate of drug-likeness (QED) is 0.662. The summed E-state index contributed by atoms with van der Waals surface area (Å²) in [6.07, 6.45) is 2.70. The SMILES string of the molecule is CCc1cccc(CC)c1N(CCC(=O)NCCc1cccc(OC)c1)C(C)=O. The summed E-state index contributed by atoms with van der Waals surface area (Å²) < 4.78 is 5.22. The average Bonchev–Trinajstić information content (AvgIpc) is 2.73. The Morgan fingerprint density at radius 3 is 2.28 bits per heavy atom. The van der Waals surface area contributed by atoms with Crippen LogP contribution in [0.15, 0.2) is 42.5 Å². The Bertz CT molecular complexity index is 810. The molecule has 0 heterocycles. The number of ether oxygens (including phenoxy) is 1. The zero-order valence-electron chi connectivity index (χ0n) is 18.0. The van der Waals surface area contributed by atoms with Crippen molar-refractivity contribution in [2.45, 2.75) is 46.5 Å². The number of rotatable bonds is 10. The number of anilines is 1. The predicted octanol–water partition coefficient (Wildman–Crippen LogP) is 3.92. The van der Waals surface area contributed by atoms with Gasteiger partial charge in [0.05, 0.1) is 7.11 Å². The molecule has 0 unspecified atom stereocenters. The number of benzene rings is 2. The highest BCUT2D eigenvalue weighted by molar-refractivity contribution is 5.94. The lowest BCUT2D eigenvalue weighted by Gasteiger charge is -2.26. The minimum Gasteiger partial charge on any atom is -0.497 e. The van der Waals surface area contributed by atoms with Crippen molar-refractivity contribution >= 4 is 17.5 Å². The molecular formula is C24H32N2O3. The largest absolute Gasteiger partial charge is 0.497 e. The van der Waals surface area contributed by atoms with E-state index in [9.17, 15) is 9.59 Å². The van der Waals surface area contributed by atoms with Crippen LogP contribution in [0.5, 0.6) is 5.75 Å². The van der Waals surface area contributed by atoms with Crippen molar-refractivity contribution in [1.82, 2.24) is 5.32 Å². The molecule has 29 heavy (non-hydrogen) atoms. The zero-order valence-corrected chi connectivity index (χ0v) is 18.0. The van der Waals surface area contributed by atoms with Crippen LogP contribution in [0.3, 0.4) is 0 Å². The number of nitrogens with zero attached hydrogens (tertiary/aromatic N) is 1. The Kier molecular flexibility index (Phi) is 8.71. The second-order valence-corrected chi connectivity index (χ2v) is 7.00. The number of hydrogen-bond acceptors (Lipinski definition) is 3. The Morgan fingerprint density at radius 1 is 1.03 bits per heavy atom. The van der Waals surface area contributed by atoms with Gasteiger partial charge >= 0.3 is 0 Å². The first kappa shape index (κ1) is 22.5. The number of aryl methyl sites for hydroxylation is 2. The molecule has 2 amide bonds. The van der Waals surface area contributed by atoms with Crippen molar-refractivity contribution in [1.29, 1.82) is 0 Å². The third kappa shape index (κ3) is 6.34. The summed E-state index contributed by atoms with van der Waals surface area (Å²) in [5, 5.41) is 2.95. The highest BCUT2D eigenvalue weighted by Gasteiger charge is 2.19. The van der Waals surface area contributed by atoms with Gasteiger partial charge in [0.1, 0.15) is 5.75 Å². The zero-order chi connectivity index (χ0) is 21.2. The number of nitrogens with one attached hydrogen (secondary N) is 1. The van der Waals surface area contributed by atoms with Crippen LogP contribution in [0.25, 0.3) is 0 Å². The topological polar surface area (TPSA) is 58.6 Å². The molecule has 0 aliphatic rings. The first-order valence-electron chi connectivity index (χ1n) is 10.3. The van der Waals surface area contributed by atoms with Gasteiger partial charge in [0.2, 0.25) is 11.8 Å². The van der Waals surface area contributed by atoms with E-state index < -0.39 is 0 Å². The van der Waals surface area contributed by atoms with Gasteiger partial charge in [-0.15, -0.1) is 0 Å². The molecule has 2 aromatic rings. The highest BCUT2D eigenvalue weighted by Crippen LogP contribution is 2.27. The van der Waals surface area contributed by atoms with Gasteiger partial charge in [-0.25, -0.2) is 0 Å². The smallest absolute Gasteiger partial charge is 0.223 e. The Labute approximate surface area is 174 Å². The summed E-state index contributed by atoms with van der Waals surface area (Å²) in [4.78, 5) is 26.4. The summed E-state index contributed by atoms with van der Waals surface area (Å²) in [7, 11) is 1.64. The van der Waals surface area contributed by atoms with Gasteiger partial charge in [-0.3, -0.25) is 9.59 Å². The molecule has 0 spiro atoms. The molecule has 0 aromatic heterocycles. The van der Waals surface area contributed by atoms with Crippen LogP contribution in [0.4, 0.5) is 5.69 Å². The number of carbonyl (C=O) groups is 2. The molecule has 2 rings (SSSR count). The minimum atomic E-state index is -0.0498. The molecule has 0 bridgehead atoms. The van der Waals surface area contributed by atoms with Gasteiger partial charge in [-0.2, -0.15) is 0 Å². The maximum Gasteiger partial charge on any atom is 0.223 e. The van der Waals surface area contributed by atoms with Gasteiger partial charge in [-0.1, -0.05) is 44.2 Å². The molecule has 0 fully saturated rings. The van der Waals surface area contributed by atoms with E-state index in [1.165, 1.54) is 0 Å². The summed E-state index contributed by atoms with van der Waals surface area (Å²) >= 11 is 0. The molecular weight excluding hydrogens is 364 g/mol. The lowest BCUT2D eigenvalue weighted by molar-refractivity contribution is -0.121. The van der Waals surface area contributed by atoms with E-state index in [1.54, 1.807) is 18.9 Å². The number of amides is 2. The van der Waals surface area contributed by atoms with Crippen molar-refractivity contribution in [3.8, 4) is 5.75 Å². The van der Waals surface area contributed by atoms with Crippen LogP contribution in [0.1, 0.15) is 43.9 Å². The third-order valence-electron chi connectivity index (χ3n) is 5.05. The van der Waals surface area contributed by atoms with E-state index in [-0.39, 0.29) is 18.2 Å². The molecule has 0 saturated heterocycles. The Hall–Kier alpha value is -2.82. The van der Waals surface area contributed by atoms with E-state index in [4.69, 9.17) is 4.74 Å². The van der Waals surface area contributed by atoms with Crippen molar-refractivity contribution < 1.29 is 14.3 Å². The van der Waals surface area contributed by atoms with Gasteiger partial charge in [0.25, 0.3) is 0 Å². The lowest BCUT2D eigenvalue weighted by atomic mass is 10.0. The minimum absolute atomic E-state index is 0.0372. The van der Waals surface area contributed by atoms with Crippen LogP contribution in [0.2, 0.25) is 0 Å². The van der Waals surface area contributed by atoms with Gasteiger partial charge in [-0.05, 0) is 48.1 Å². The van der Waals surface area contributed by atoms with Crippen LogP contribution in [0, 0.1) is 0 Å². The summed E-state index contributed by atoms with van der Waals surface area (Å²) in [6, 6.07) is 14.0. The number of methoxy groups -OCH3 is 1. The Morgan fingerprint density at radius 2 is 1.69 bits per heavy atom. The summed E-state index contributed by atoms with van der Waals surface area (Å²) in [5.74, 6) is 0.725. The average molecular weight is 397 g/mol. The molecule has 0 aliphatic heterocycles. The van der Waals surface area contributed by atoms with Crippen LogP contribution in [-0.4, -0.2) is 32.0 Å². The molecule has 2 aromatic carbocycles. The van der Waals surface area contributed by atoms with Crippen LogP contribution < -0.4 is 15.0 Å². The monoisotopic (exact) mass is 396 g/mol. The van der Waals surface area contributed by atoms with Crippen molar-refractivity contribution in [3.63, 3.8) is 0 Å². The van der Waals surface area contributed by atoms with E-state index in [0.717, 1.165) is 47.4 Å². The van der Waals surface area contributed by atoms with E-state index in [1.807, 2.05) is 30.3 Å². The molecule has 1 N–H and O–H groups in total. The molecule has 0 aliphatic carbocycles. The highest BCUT2D eigenvalue weighted by atomic mass is 16.5. The standard InChI is InChI=1S/C24H32N2O3/c1-5-20-10-8-11-21(6-2)24(20)26(18(3)27)16-14-23(28)25-15-13-19-9-7-12-22(17-19)29-4/h7-12,17H,5-6,13-16H2,1-4H3,(H,25,28). The van der Waals surface area contributed by atoms with E-state index >= 15 is 0 Å². The fourth-order valence-electron chi connectivity index (χ4n) is 3.46. The lowest BCUT2D eigenvalue weighted by Crippen LogP contribution is -2.35. The van der Waals surface area contributed by atoms with Gasteiger partial charge in [0.15, 0.2) is 0 Å². The molecule has 156 valence electrons. The molecule has 5 nitrogen and oxygen atoms in total. The van der Waals surface area contributed by atoms with Crippen LogP contribution in [-0.2, 0) is 28.9 Å². The number of hydrogen-bond donors (Lipinski definition) is 1. The van der Waals surface area contributed by atoms with Crippen molar-refractivity contribution in [2.24, 2.45) is 0 Å². The normalized spacial score (nSPS) is 10.5. The van der Waals surface area contributed by atoms with Crippen LogP contribution >= 0.6 is 0 Å². The fourth-order valence-corrected chi connectivity index (χ4v) is 3.46. The van der Waals surface area contributed by atoms with Crippen molar-refractivity contribution in [2.75, 3.05) is 25.1 Å². The molecule has 0 radical (unpaired) electrons. The Balaban J connectivity index is 1.95.